The molecule has 15 heavy (non-hydrogen) atoms. The van der Waals surface area contributed by atoms with E-state index in [0.29, 0.717) is 30.3 Å². The van der Waals surface area contributed by atoms with Crippen molar-refractivity contribution >= 4 is 5.91 Å². The van der Waals surface area contributed by atoms with Gasteiger partial charge in [-0.25, -0.2) is 0 Å². The standard InChI is InChI=1S/C12H24N2O/c1-9(2)5-6-12(15)14-7-10(3)13-11(4)8-14/h9-11,13H,5-8H2,1-4H3. The fourth-order valence-electron chi connectivity index (χ4n) is 2.10. The summed E-state index contributed by atoms with van der Waals surface area (Å²) in [5, 5.41) is 3.44. The van der Waals surface area contributed by atoms with Gasteiger partial charge in [0.05, 0.1) is 0 Å². The Hall–Kier alpha value is -0.570. The highest BCUT2D eigenvalue weighted by atomic mass is 16.2. The second-order valence-electron chi connectivity index (χ2n) is 5.20. The average molecular weight is 212 g/mol. The summed E-state index contributed by atoms with van der Waals surface area (Å²) in [5.74, 6) is 0.940. The zero-order chi connectivity index (χ0) is 11.4. The van der Waals surface area contributed by atoms with Crippen molar-refractivity contribution in [1.29, 1.82) is 0 Å². The molecule has 1 aliphatic rings. The van der Waals surface area contributed by atoms with Crippen molar-refractivity contribution in [2.24, 2.45) is 5.92 Å². The molecule has 0 aromatic rings. The van der Waals surface area contributed by atoms with E-state index in [4.69, 9.17) is 0 Å². The number of piperazine rings is 1. The Labute approximate surface area is 93.2 Å². The summed E-state index contributed by atoms with van der Waals surface area (Å²) >= 11 is 0. The molecule has 3 heteroatoms. The van der Waals surface area contributed by atoms with E-state index in [2.05, 4.69) is 33.0 Å². The van der Waals surface area contributed by atoms with Crippen molar-refractivity contribution < 1.29 is 4.79 Å². The minimum absolute atomic E-state index is 0.323. The molecule has 0 aliphatic carbocycles. The smallest absolute Gasteiger partial charge is 0.222 e. The predicted octanol–water partition coefficient (Wildman–Crippen LogP) is 1.63. The van der Waals surface area contributed by atoms with Crippen LogP contribution in [0.2, 0.25) is 0 Å². The Morgan fingerprint density at radius 2 is 1.87 bits per heavy atom. The molecule has 0 aromatic carbocycles. The van der Waals surface area contributed by atoms with E-state index >= 15 is 0 Å². The lowest BCUT2D eigenvalue weighted by Gasteiger charge is -2.36. The zero-order valence-corrected chi connectivity index (χ0v) is 10.4. The molecule has 2 atom stereocenters. The van der Waals surface area contributed by atoms with Crippen LogP contribution in [0.5, 0.6) is 0 Å². The van der Waals surface area contributed by atoms with Gasteiger partial charge >= 0.3 is 0 Å². The lowest BCUT2D eigenvalue weighted by molar-refractivity contribution is -0.133. The summed E-state index contributed by atoms with van der Waals surface area (Å²) in [5.41, 5.74) is 0. The van der Waals surface area contributed by atoms with Crippen molar-refractivity contribution in [1.82, 2.24) is 10.2 Å². The number of hydrogen-bond donors (Lipinski definition) is 1. The van der Waals surface area contributed by atoms with Crippen LogP contribution in [-0.2, 0) is 4.79 Å². The molecule has 1 fully saturated rings. The van der Waals surface area contributed by atoms with Gasteiger partial charge in [0, 0.05) is 31.6 Å². The molecule has 1 amide bonds. The maximum absolute atomic E-state index is 11.9. The second kappa shape index (κ2) is 5.50. The predicted molar refractivity (Wildman–Crippen MR) is 62.7 cm³/mol. The van der Waals surface area contributed by atoms with Crippen LogP contribution in [0.3, 0.4) is 0 Å². The number of hydrogen-bond acceptors (Lipinski definition) is 2. The first-order valence-corrected chi connectivity index (χ1v) is 6.03. The monoisotopic (exact) mass is 212 g/mol. The lowest BCUT2D eigenvalue weighted by atomic mass is 10.1. The quantitative estimate of drug-likeness (QED) is 0.771. The highest BCUT2D eigenvalue weighted by Gasteiger charge is 2.24. The summed E-state index contributed by atoms with van der Waals surface area (Å²) in [4.78, 5) is 13.9. The molecule has 0 radical (unpaired) electrons. The Bertz CT molecular complexity index is 206. The molecule has 1 aliphatic heterocycles. The number of carbonyl (C=O) groups excluding carboxylic acids is 1. The van der Waals surface area contributed by atoms with Gasteiger partial charge in [0.15, 0.2) is 0 Å². The van der Waals surface area contributed by atoms with E-state index in [1.807, 2.05) is 4.90 Å². The third kappa shape index (κ3) is 4.20. The molecule has 1 saturated heterocycles. The molecule has 0 bridgehead atoms. The zero-order valence-electron chi connectivity index (χ0n) is 10.4. The largest absolute Gasteiger partial charge is 0.340 e. The minimum Gasteiger partial charge on any atom is -0.340 e. The maximum atomic E-state index is 11.9. The normalized spacial score (nSPS) is 27.1. The molecule has 0 spiro atoms. The number of carbonyl (C=O) groups is 1. The Kier molecular flexibility index (Phi) is 4.58. The van der Waals surface area contributed by atoms with Crippen molar-refractivity contribution in [2.75, 3.05) is 13.1 Å². The van der Waals surface area contributed by atoms with Crippen molar-refractivity contribution in [3.8, 4) is 0 Å². The number of rotatable bonds is 3. The van der Waals surface area contributed by atoms with Crippen LogP contribution in [0, 0.1) is 5.92 Å². The van der Waals surface area contributed by atoms with Crippen molar-refractivity contribution in [3.63, 3.8) is 0 Å². The van der Waals surface area contributed by atoms with Gasteiger partial charge in [-0.1, -0.05) is 13.8 Å². The molecule has 0 saturated carbocycles. The highest BCUT2D eigenvalue weighted by molar-refractivity contribution is 5.76. The van der Waals surface area contributed by atoms with Gasteiger partial charge in [-0.15, -0.1) is 0 Å². The average Bonchev–Trinajstić information content (AvgIpc) is 2.12. The Balaban J connectivity index is 2.38. The molecule has 88 valence electrons. The number of amides is 1. The first-order valence-electron chi connectivity index (χ1n) is 6.03. The number of nitrogens with zero attached hydrogens (tertiary/aromatic N) is 1. The van der Waals surface area contributed by atoms with E-state index < -0.39 is 0 Å². The Morgan fingerprint density at radius 1 is 1.33 bits per heavy atom. The second-order valence-corrected chi connectivity index (χ2v) is 5.20. The van der Waals surface area contributed by atoms with E-state index in [1.165, 1.54) is 0 Å². The third-order valence-corrected chi connectivity index (χ3v) is 2.85. The van der Waals surface area contributed by atoms with Crippen LogP contribution < -0.4 is 5.32 Å². The van der Waals surface area contributed by atoms with Gasteiger partial charge < -0.3 is 10.2 Å². The third-order valence-electron chi connectivity index (χ3n) is 2.85. The highest BCUT2D eigenvalue weighted by Crippen LogP contribution is 2.10. The Morgan fingerprint density at radius 3 is 2.33 bits per heavy atom. The topological polar surface area (TPSA) is 32.3 Å². The van der Waals surface area contributed by atoms with Gasteiger partial charge in [0.25, 0.3) is 0 Å². The van der Waals surface area contributed by atoms with E-state index in [-0.39, 0.29) is 0 Å². The minimum atomic E-state index is 0.323. The molecule has 1 N–H and O–H groups in total. The molecule has 3 nitrogen and oxygen atoms in total. The van der Waals surface area contributed by atoms with E-state index in [9.17, 15) is 4.79 Å². The number of nitrogens with one attached hydrogen (secondary N) is 1. The van der Waals surface area contributed by atoms with Gasteiger partial charge in [0.2, 0.25) is 5.91 Å². The van der Waals surface area contributed by atoms with Crippen molar-refractivity contribution in [3.05, 3.63) is 0 Å². The van der Waals surface area contributed by atoms with Gasteiger partial charge in [0.1, 0.15) is 0 Å². The molecular weight excluding hydrogens is 188 g/mol. The van der Waals surface area contributed by atoms with Crippen LogP contribution in [0.25, 0.3) is 0 Å². The van der Waals surface area contributed by atoms with Crippen LogP contribution in [-0.4, -0.2) is 36.0 Å². The molecule has 1 rings (SSSR count). The van der Waals surface area contributed by atoms with Crippen LogP contribution in [0.1, 0.15) is 40.5 Å². The van der Waals surface area contributed by atoms with Gasteiger partial charge in [-0.3, -0.25) is 4.79 Å². The van der Waals surface area contributed by atoms with E-state index in [1.54, 1.807) is 0 Å². The fourth-order valence-corrected chi connectivity index (χ4v) is 2.10. The lowest BCUT2D eigenvalue weighted by Crippen LogP contribution is -2.55. The first-order chi connectivity index (χ1) is 6.99. The summed E-state index contributed by atoms with van der Waals surface area (Å²) in [7, 11) is 0. The van der Waals surface area contributed by atoms with Crippen molar-refractivity contribution in [2.45, 2.75) is 52.6 Å². The summed E-state index contributed by atoms with van der Waals surface area (Å²) in [6.07, 6.45) is 1.71. The van der Waals surface area contributed by atoms with Gasteiger partial charge in [-0.2, -0.15) is 0 Å². The van der Waals surface area contributed by atoms with Crippen LogP contribution in [0.15, 0.2) is 0 Å². The van der Waals surface area contributed by atoms with Crippen LogP contribution >= 0.6 is 0 Å². The van der Waals surface area contributed by atoms with E-state index in [0.717, 1.165) is 19.5 Å². The fraction of sp³-hybridized carbons (Fsp3) is 0.917. The summed E-state index contributed by atoms with van der Waals surface area (Å²) in [6, 6.07) is 0.855. The van der Waals surface area contributed by atoms with Crippen LogP contribution in [0.4, 0.5) is 0 Å². The molecule has 1 heterocycles. The summed E-state index contributed by atoms with van der Waals surface area (Å²) < 4.78 is 0. The molecule has 2 unspecified atom stereocenters. The molecule has 0 aromatic heterocycles. The van der Waals surface area contributed by atoms with Gasteiger partial charge in [-0.05, 0) is 26.2 Å². The molecular formula is C12H24N2O. The summed E-state index contributed by atoms with van der Waals surface area (Å²) in [6.45, 7) is 10.3. The SMILES string of the molecule is CC(C)CCC(=O)N1CC(C)NC(C)C1. The first kappa shape index (κ1) is 12.5. The maximum Gasteiger partial charge on any atom is 0.222 e.